The highest BCUT2D eigenvalue weighted by atomic mass is 16.5. The van der Waals surface area contributed by atoms with Crippen LogP contribution in [-0.2, 0) is 6.54 Å². The summed E-state index contributed by atoms with van der Waals surface area (Å²) in [6, 6.07) is 0.768. The van der Waals surface area contributed by atoms with E-state index in [-0.39, 0.29) is 0 Å². The van der Waals surface area contributed by atoms with E-state index in [2.05, 4.69) is 15.0 Å². The number of hydrogen-bond donors (Lipinski definition) is 0. The van der Waals surface area contributed by atoms with E-state index in [1.54, 1.807) is 0 Å². The van der Waals surface area contributed by atoms with Crippen molar-refractivity contribution in [2.45, 2.75) is 58.0 Å². The second kappa shape index (κ2) is 4.77. The smallest absolute Gasteiger partial charge is 0.240 e. The summed E-state index contributed by atoms with van der Waals surface area (Å²) in [4.78, 5) is 6.89. The van der Waals surface area contributed by atoms with Crippen LogP contribution in [0.15, 0.2) is 4.52 Å². The standard InChI is InChI=1S/C13H21N3O/c1-10-14-13(17-15-10)9-16-8-4-6-11-5-2-3-7-12(11)16/h11-12H,2-9H2,1H3/t11-,12-/m1/s1. The zero-order valence-corrected chi connectivity index (χ0v) is 10.6. The normalized spacial score (nSPS) is 30.2. The van der Waals surface area contributed by atoms with Crippen molar-refractivity contribution in [2.24, 2.45) is 5.92 Å². The number of fused-ring (bicyclic) bond motifs is 1. The van der Waals surface area contributed by atoms with Gasteiger partial charge in [-0.15, -0.1) is 0 Å². The van der Waals surface area contributed by atoms with Gasteiger partial charge < -0.3 is 4.52 Å². The van der Waals surface area contributed by atoms with Gasteiger partial charge in [0.1, 0.15) is 0 Å². The molecule has 1 aromatic heterocycles. The molecule has 17 heavy (non-hydrogen) atoms. The van der Waals surface area contributed by atoms with Crippen molar-refractivity contribution >= 4 is 0 Å². The quantitative estimate of drug-likeness (QED) is 0.790. The summed E-state index contributed by atoms with van der Waals surface area (Å²) < 4.78 is 5.24. The lowest BCUT2D eigenvalue weighted by Gasteiger charge is -2.43. The average molecular weight is 235 g/mol. The number of aryl methyl sites for hydroxylation is 1. The molecule has 0 bridgehead atoms. The molecule has 2 aliphatic rings. The first-order chi connectivity index (χ1) is 8.33. The van der Waals surface area contributed by atoms with Crippen LogP contribution in [0.25, 0.3) is 0 Å². The van der Waals surface area contributed by atoms with Crippen LogP contribution < -0.4 is 0 Å². The van der Waals surface area contributed by atoms with Crippen molar-refractivity contribution in [3.05, 3.63) is 11.7 Å². The van der Waals surface area contributed by atoms with E-state index >= 15 is 0 Å². The van der Waals surface area contributed by atoms with Crippen molar-refractivity contribution < 1.29 is 4.52 Å². The van der Waals surface area contributed by atoms with Crippen molar-refractivity contribution in [3.8, 4) is 0 Å². The van der Waals surface area contributed by atoms with Gasteiger partial charge in [0.2, 0.25) is 5.89 Å². The molecule has 4 nitrogen and oxygen atoms in total. The molecule has 4 heteroatoms. The molecule has 0 unspecified atom stereocenters. The molecule has 2 fully saturated rings. The van der Waals surface area contributed by atoms with Crippen LogP contribution in [0, 0.1) is 12.8 Å². The maximum absolute atomic E-state index is 5.24. The van der Waals surface area contributed by atoms with Crippen molar-refractivity contribution in [3.63, 3.8) is 0 Å². The van der Waals surface area contributed by atoms with Crippen LogP contribution in [0.5, 0.6) is 0 Å². The molecule has 0 spiro atoms. The Bertz CT molecular complexity index is 374. The van der Waals surface area contributed by atoms with Gasteiger partial charge in [-0.3, -0.25) is 4.90 Å². The van der Waals surface area contributed by atoms with Gasteiger partial charge in [-0.25, -0.2) is 0 Å². The SMILES string of the molecule is Cc1noc(CN2CCC[C@H]3CCCC[C@H]32)n1. The average Bonchev–Trinajstić information content (AvgIpc) is 2.75. The molecule has 1 aliphatic carbocycles. The Balaban J connectivity index is 1.68. The lowest BCUT2D eigenvalue weighted by Crippen LogP contribution is -2.46. The van der Waals surface area contributed by atoms with Crippen LogP contribution >= 0.6 is 0 Å². The molecule has 1 aromatic rings. The summed E-state index contributed by atoms with van der Waals surface area (Å²) in [6.45, 7) is 3.93. The third-order valence-electron chi connectivity index (χ3n) is 4.27. The van der Waals surface area contributed by atoms with Crippen LogP contribution in [0.1, 0.15) is 50.2 Å². The largest absolute Gasteiger partial charge is 0.338 e. The fraction of sp³-hybridized carbons (Fsp3) is 0.846. The number of likely N-dealkylation sites (tertiary alicyclic amines) is 1. The minimum atomic E-state index is 0.747. The molecule has 1 saturated carbocycles. The Hall–Kier alpha value is -0.900. The van der Waals surface area contributed by atoms with E-state index in [0.717, 1.165) is 30.2 Å². The van der Waals surface area contributed by atoms with Gasteiger partial charge >= 0.3 is 0 Å². The fourth-order valence-corrected chi connectivity index (χ4v) is 3.50. The van der Waals surface area contributed by atoms with Gasteiger partial charge in [-0.05, 0) is 45.1 Å². The molecule has 2 heterocycles. The van der Waals surface area contributed by atoms with E-state index in [4.69, 9.17) is 4.52 Å². The first-order valence-electron chi connectivity index (χ1n) is 6.86. The van der Waals surface area contributed by atoms with E-state index in [9.17, 15) is 0 Å². The maximum Gasteiger partial charge on any atom is 0.240 e. The maximum atomic E-state index is 5.24. The third-order valence-corrected chi connectivity index (χ3v) is 4.27. The Kier molecular flexibility index (Phi) is 3.14. The highest BCUT2D eigenvalue weighted by Crippen LogP contribution is 2.35. The summed E-state index contributed by atoms with van der Waals surface area (Å²) >= 11 is 0. The molecule has 1 aliphatic heterocycles. The number of hydrogen-bond acceptors (Lipinski definition) is 4. The van der Waals surface area contributed by atoms with Gasteiger partial charge in [-0.2, -0.15) is 4.98 Å². The summed E-state index contributed by atoms with van der Waals surface area (Å²) in [5.74, 6) is 2.45. The lowest BCUT2D eigenvalue weighted by molar-refractivity contribution is 0.0466. The molecular formula is C13H21N3O. The third kappa shape index (κ3) is 2.37. The first-order valence-corrected chi connectivity index (χ1v) is 6.86. The molecular weight excluding hydrogens is 214 g/mol. The molecule has 1 saturated heterocycles. The van der Waals surface area contributed by atoms with Crippen molar-refractivity contribution in [2.75, 3.05) is 6.54 Å². The first kappa shape index (κ1) is 11.2. The monoisotopic (exact) mass is 235 g/mol. The number of rotatable bonds is 2. The molecule has 2 atom stereocenters. The zero-order chi connectivity index (χ0) is 11.7. The topological polar surface area (TPSA) is 42.2 Å². The van der Waals surface area contributed by atoms with Gasteiger partial charge in [0.05, 0.1) is 6.54 Å². The molecule has 0 amide bonds. The van der Waals surface area contributed by atoms with Crippen LogP contribution in [0.2, 0.25) is 0 Å². The Morgan fingerprint density at radius 1 is 1.24 bits per heavy atom. The summed E-state index contributed by atoms with van der Waals surface area (Å²) in [6.07, 6.45) is 8.34. The number of aromatic nitrogens is 2. The van der Waals surface area contributed by atoms with Crippen LogP contribution in [-0.4, -0.2) is 27.6 Å². The predicted octanol–water partition coefficient (Wildman–Crippen LogP) is 2.53. The van der Waals surface area contributed by atoms with E-state index in [0.29, 0.717) is 0 Å². The zero-order valence-electron chi connectivity index (χ0n) is 10.6. The van der Waals surface area contributed by atoms with Gasteiger partial charge in [0.15, 0.2) is 5.82 Å². The van der Waals surface area contributed by atoms with Crippen molar-refractivity contribution in [1.29, 1.82) is 0 Å². The summed E-state index contributed by atoms with van der Waals surface area (Å²) in [5, 5.41) is 3.87. The fourth-order valence-electron chi connectivity index (χ4n) is 3.50. The summed E-state index contributed by atoms with van der Waals surface area (Å²) in [5.41, 5.74) is 0. The van der Waals surface area contributed by atoms with Crippen LogP contribution in [0.4, 0.5) is 0 Å². The Labute approximate surface area is 102 Å². The van der Waals surface area contributed by atoms with Crippen LogP contribution in [0.3, 0.4) is 0 Å². The molecule has 0 N–H and O–H groups in total. The summed E-state index contributed by atoms with van der Waals surface area (Å²) in [7, 11) is 0. The van der Waals surface area contributed by atoms with Gasteiger partial charge in [-0.1, -0.05) is 18.0 Å². The Morgan fingerprint density at radius 2 is 2.06 bits per heavy atom. The highest BCUT2D eigenvalue weighted by Gasteiger charge is 2.33. The van der Waals surface area contributed by atoms with E-state index in [1.807, 2.05) is 6.92 Å². The van der Waals surface area contributed by atoms with Gasteiger partial charge in [0.25, 0.3) is 0 Å². The minimum absolute atomic E-state index is 0.747. The lowest BCUT2D eigenvalue weighted by atomic mass is 9.78. The minimum Gasteiger partial charge on any atom is -0.338 e. The van der Waals surface area contributed by atoms with Gasteiger partial charge in [0, 0.05) is 6.04 Å². The number of nitrogens with zero attached hydrogens (tertiary/aromatic N) is 3. The Morgan fingerprint density at radius 3 is 2.88 bits per heavy atom. The number of piperidine rings is 1. The second-order valence-electron chi connectivity index (χ2n) is 5.46. The van der Waals surface area contributed by atoms with E-state index < -0.39 is 0 Å². The molecule has 94 valence electrons. The second-order valence-corrected chi connectivity index (χ2v) is 5.46. The molecule has 0 radical (unpaired) electrons. The van der Waals surface area contributed by atoms with E-state index in [1.165, 1.54) is 45.1 Å². The highest BCUT2D eigenvalue weighted by molar-refractivity contribution is 4.90. The van der Waals surface area contributed by atoms with Crippen molar-refractivity contribution in [1.82, 2.24) is 15.0 Å². The molecule has 0 aromatic carbocycles. The predicted molar refractivity (Wildman–Crippen MR) is 64.4 cm³/mol. The molecule has 3 rings (SSSR count).